The molecule has 0 aromatic heterocycles. The molecule has 1 saturated carbocycles. The van der Waals surface area contributed by atoms with Crippen LogP contribution < -0.4 is 5.32 Å². The first-order valence-electron chi connectivity index (χ1n) is 6.61. The highest BCUT2D eigenvalue weighted by molar-refractivity contribution is 4.79. The average molecular weight is 213 g/mol. The second-order valence-electron chi connectivity index (χ2n) is 5.30. The molecule has 0 spiro atoms. The number of aliphatic hydroxyl groups excluding tert-OH is 1. The topological polar surface area (TPSA) is 32.3 Å². The van der Waals surface area contributed by atoms with E-state index in [-0.39, 0.29) is 6.10 Å². The van der Waals surface area contributed by atoms with E-state index in [4.69, 9.17) is 0 Å². The van der Waals surface area contributed by atoms with Gasteiger partial charge in [-0.25, -0.2) is 0 Å². The summed E-state index contributed by atoms with van der Waals surface area (Å²) in [7, 11) is 0. The molecule has 15 heavy (non-hydrogen) atoms. The van der Waals surface area contributed by atoms with Gasteiger partial charge in [0, 0.05) is 6.04 Å². The molecule has 1 aliphatic carbocycles. The van der Waals surface area contributed by atoms with Gasteiger partial charge in [-0.3, -0.25) is 0 Å². The minimum Gasteiger partial charge on any atom is -0.392 e. The molecular weight excluding hydrogens is 186 g/mol. The molecule has 0 saturated heterocycles. The molecule has 2 heteroatoms. The van der Waals surface area contributed by atoms with Crippen LogP contribution in [-0.4, -0.2) is 23.8 Å². The molecule has 90 valence electrons. The highest BCUT2D eigenvalue weighted by Gasteiger charge is 2.21. The van der Waals surface area contributed by atoms with Gasteiger partial charge in [-0.1, -0.05) is 39.5 Å². The quantitative estimate of drug-likeness (QED) is 0.665. The van der Waals surface area contributed by atoms with E-state index in [1.807, 2.05) is 0 Å². The third kappa shape index (κ3) is 5.53. The molecule has 2 atom stereocenters. The van der Waals surface area contributed by atoms with Gasteiger partial charge in [-0.2, -0.15) is 0 Å². The van der Waals surface area contributed by atoms with Gasteiger partial charge in [0.15, 0.2) is 0 Å². The van der Waals surface area contributed by atoms with Crippen LogP contribution in [0.15, 0.2) is 0 Å². The molecule has 0 bridgehead atoms. The lowest BCUT2D eigenvalue weighted by molar-refractivity contribution is 0.0909. The fraction of sp³-hybridized carbons (Fsp3) is 1.00. The van der Waals surface area contributed by atoms with Gasteiger partial charge in [0.2, 0.25) is 0 Å². The fourth-order valence-corrected chi connectivity index (χ4v) is 2.31. The summed E-state index contributed by atoms with van der Waals surface area (Å²) in [6, 6.07) is 0.373. The van der Waals surface area contributed by atoms with Crippen molar-refractivity contribution in [1.29, 1.82) is 0 Å². The summed E-state index contributed by atoms with van der Waals surface area (Å²) >= 11 is 0. The molecule has 0 heterocycles. The van der Waals surface area contributed by atoms with Gasteiger partial charge in [0.1, 0.15) is 0 Å². The zero-order valence-corrected chi connectivity index (χ0v) is 10.3. The average Bonchev–Trinajstić information content (AvgIpc) is 2.20. The Bertz CT molecular complexity index is 159. The second kappa shape index (κ2) is 7.24. The number of aliphatic hydroxyl groups is 1. The second-order valence-corrected chi connectivity index (χ2v) is 5.30. The van der Waals surface area contributed by atoms with Crippen LogP contribution >= 0.6 is 0 Å². The third-order valence-electron chi connectivity index (χ3n) is 3.34. The van der Waals surface area contributed by atoms with E-state index in [0.29, 0.717) is 6.04 Å². The molecule has 0 unspecified atom stereocenters. The number of nitrogens with one attached hydrogen (secondary N) is 1. The molecule has 0 aromatic carbocycles. The van der Waals surface area contributed by atoms with Crippen LogP contribution in [0.25, 0.3) is 0 Å². The summed E-state index contributed by atoms with van der Waals surface area (Å²) in [5.41, 5.74) is 0. The highest BCUT2D eigenvalue weighted by Crippen LogP contribution is 2.18. The standard InChI is InChI=1S/C13H27NO/c1-11(2)7-5-6-10-14-12-8-3-4-9-13(12)15/h11-15H,3-10H2,1-2H3/t12-,13-/m1/s1. The molecule has 2 nitrogen and oxygen atoms in total. The number of unbranched alkanes of at least 4 members (excludes halogenated alkanes) is 1. The van der Waals surface area contributed by atoms with Crippen molar-refractivity contribution < 1.29 is 5.11 Å². The molecule has 0 radical (unpaired) electrons. The van der Waals surface area contributed by atoms with Gasteiger partial charge in [-0.15, -0.1) is 0 Å². The van der Waals surface area contributed by atoms with Crippen LogP contribution in [0.1, 0.15) is 58.8 Å². The first kappa shape index (κ1) is 13.0. The van der Waals surface area contributed by atoms with Crippen LogP contribution in [0.2, 0.25) is 0 Å². The normalized spacial score (nSPS) is 27.2. The van der Waals surface area contributed by atoms with Crippen molar-refractivity contribution in [3.8, 4) is 0 Å². The molecule has 1 rings (SSSR count). The Balaban J connectivity index is 1.99. The van der Waals surface area contributed by atoms with Crippen molar-refractivity contribution >= 4 is 0 Å². The lowest BCUT2D eigenvalue weighted by Gasteiger charge is -2.28. The Morgan fingerprint density at radius 3 is 2.60 bits per heavy atom. The number of rotatable bonds is 6. The SMILES string of the molecule is CC(C)CCCCN[C@@H]1CCCC[C@H]1O. The summed E-state index contributed by atoms with van der Waals surface area (Å²) in [5, 5.41) is 13.2. The van der Waals surface area contributed by atoms with E-state index >= 15 is 0 Å². The third-order valence-corrected chi connectivity index (χ3v) is 3.34. The molecule has 0 aliphatic heterocycles. The van der Waals surface area contributed by atoms with Crippen LogP contribution in [0.5, 0.6) is 0 Å². The number of hydrogen-bond donors (Lipinski definition) is 2. The Morgan fingerprint density at radius 1 is 1.20 bits per heavy atom. The van der Waals surface area contributed by atoms with Gasteiger partial charge >= 0.3 is 0 Å². The van der Waals surface area contributed by atoms with Gasteiger partial charge in [0.25, 0.3) is 0 Å². The maximum atomic E-state index is 9.75. The van der Waals surface area contributed by atoms with Crippen LogP contribution in [-0.2, 0) is 0 Å². The first-order valence-corrected chi connectivity index (χ1v) is 6.61. The van der Waals surface area contributed by atoms with Crippen molar-refractivity contribution in [3.63, 3.8) is 0 Å². The molecule has 2 N–H and O–H groups in total. The van der Waals surface area contributed by atoms with E-state index < -0.39 is 0 Å². The smallest absolute Gasteiger partial charge is 0.0693 e. The predicted octanol–water partition coefficient (Wildman–Crippen LogP) is 2.71. The highest BCUT2D eigenvalue weighted by atomic mass is 16.3. The molecule has 1 fully saturated rings. The van der Waals surface area contributed by atoms with E-state index in [0.717, 1.165) is 25.3 Å². The molecule has 0 aromatic rings. The lowest BCUT2D eigenvalue weighted by Crippen LogP contribution is -2.42. The summed E-state index contributed by atoms with van der Waals surface area (Å²) in [4.78, 5) is 0. The predicted molar refractivity (Wildman–Crippen MR) is 65.0 cm³/mol. The molecule has 0 amide bonds. The minimum atomic E-state index is -0.0937. The van der Waals surface area contributed by atoms with Crippen LogP contribution in [0.3, 0.4) is 0 Å². The minimum absolute atomic E-state index is 0.0937. The summed E-state index contributed by atoms with van der Waals surface area (Å²) < 4.78 is 0. The van der Waals surface area contributed by atoms with Gasteiger partial charge < -0.3 is 10.4 Å². The Morgan fingerprint density at radius 2 is 1.93 bits per heavy atom. The number of hydrogen-bond acceptors (Lipinski definition) is 2. The van der Waals surface area contributed by atoms with Gasteiger partial charge in [-0.05, 0) is 31.7 Å². The van der Waals surface area contributed by atoms with Crippen molar-refractivity contribution in [2.45, 2.75) is 70.9 Å². The zero-order valence-electron chi connectivity index (χ0n) is 10.3. The summed E-state index contributed by atoms with van der Waals surface area (Å²) in [5.74, 6) is 0.824. The zero-order chi connectivity index (χ0) is 11.1. The first-order chi connectivity index (χ1) is 7.20. The van der Waals surface area contributed by atoms with Gasteiger partial charge in [0.05, 0.1) is 6.10 Å². The maximum Gasteiger partial charge on any atom is 0.0693 e. The van der Waals surface area contributed by atoms with Crippen LogP contribution in [0, 0.1) is 5.92 Å². The monoisotopic (exact) mass is 213 g/mol. The molecular formula is C13H27NO. The fourth-order valence-electron chi connectivity index (χ4n) is 2.31. The molecule has 1 aliphatic rings. The Hall–Kier alpha value is -0.0800. The lowest BCUT2D eigenvalue weighted by atomic mass is 9.92. The van der Waals surface area contributed by atoms with Crippen molar-refractivity contribution in [3.05, 3.63) is 0 Å². The maximum absolute atomic E-state index is 9.75. The summed E-state index contributed by atoms with van der Waals surface area (Å²) in [6.45, 7) is 5.63. The van der Waals surface area contributed by atoms with E-state index in [1.54, 1.807) is 0 Å². The van der Waals surface area contributed by atoms with E-state index in [2.05, 4.69) is 19.2 Å². The largest absolute Gasteiger partial charge is 0.392 e. The van der Waals surface area contributed by atoms with Crippen LogP contribution in [0.4, 0.5) is 0 Å². The Labute approximate surface area is 94.5 Å². The summed E-state index contributed by atoms with van der Waals surface area (Å²) in [6.07, 6.45) is 8.43. The Kier molecular flexibility index (Phi) is 6.26. The van der Waals surface area contributed by atoms with Crippen molar-refractivity contribution in [2.24, 2.45) is 5.92 Å². The van der Waals surface area contributed by atoms with Crippen molar-refractivity contribution in [2.75, 3.05) is 6.54 Å². The van der Waals surface area contributed by atoms with Crippen molar-refractivity contribution in [1.82, 2.24) is 5.32 Å². The van der Waals surface area contributed by atoms with E-state index in [1.165, 1.54) is 32.1 Å². The van der Waals surface area contributed by atoms with E-state index in [9.17, 15) is 5.11 Å².